The van der Waals surface area contributed by atoms with Gasteiger partial charge in [-0.2, -0.15) is 8.42 Å². The molecule has 112 valence electrons. The molecule has 1 heterocycles. The SMILES string of the molecule is Cc1ccc(S(=O)(=O)O)cc1.NC1C(=O)N(O)CC1O. The number of aryl methyl sites for hydroxylation is 1. The van der Waals surface area contributed by atoms with Crippen LogP contribution >= 0.6 is 0 Å². The predicted molar refractivity (Wildman–Crippen MR) is 68.5 cm³/mol. The number of hydrogen-bond donors (Lipinski definition) is 4. The van der Waals surface area contributed by atoms with Crippen LogP contribution in [0.25, 0.3) is 0 Å². The van der Waals surface area contributed by atoms with E-state index >= 15 is 0 Å². The highest BCUT2D eigenvalue weighted by Crippen LogP contribution is 2.08. The molecule has 0 bridgehead atoms. The van der Waals surface area contributed by atoms with Crippen molar-refractivity contribution < 1.29 is 28.1 Å². The second-order valence-corrected chi connectivity index (χ2v) is 5.72. The summed E-state index contributed by atoms with van der Waals surface area (Å²) < 4.78 is 29.6. The Bertz CT molecular complexity index is 571. The number of hydrogen-bond acceptors (Lipinski definition) is 6. The summed E-state index contributed by atoms with van der Waals surface area (Å²) in [7, 11) is -4.02. The fraction of sp³-hybridized carbons (Fsp3) is 0.364. The lowest BCUT2D eigenvalue weighted by Crippen LogP contribution is -2.37. The molecule has 1 aliphatic heterocycles. The molecular weight excluding hydrogens is 288 g/mol. The Kier molecular flexibility index (Phi) is 5.20. The number of benzene rings is 1. The van der Waals surface area contributed by atoms with E-state index < -0.39 is 28.2 Å². The number of aliphatic hydroxyl groups is 1. The molecule has 0 aliphatic carbocycles. The van der Waals surface area contributed by atoms with Gasteiger partial charge in [0.2, 0.25) is 0 Å². The van der Waals surface area contributed by atoms with E-state index in [0.29, 0.717) is 5.06 Å². The van der Waals surface area contributed by atoms with E-state index in [1.165, 1.54) is 12.1 Å². The van der Waals surface area contributed by atoms with Crippen molar-refractivity contribution in [2.45, 2.75) is 24.0 Å². The summed E-state index contributed by atoms with van der Waals surface area (Å²) in [5, 5.41) is 17.8. The summed E-state index contributed by atoms with van der Waals surface area (Å²) in [5.74, 6) is -0.623. The number of carbonyl (C=O) groups excluding carboxylic acids is 1. The maximum Gasteiger partial charge on any atom is 0.294 e. The van der Waals surface area contributed by atoms with E-state index in [1.807, 2.05) is 6.92 Å². The Hall–Kier alpha value is -1.52. The molecule has 5 N–H and O–H groups in total. The lowest BCUT2D eigenvalue weighted by atomic mass is 10.2. The molecule has 2 atom stereocenters. The Morgan fingerprint density at radius 3 is 2.05 bits per heavy atom. The average Bonchev–Trinajstić information content (AvgIpc) is 2.56. The zero-order valence-electron chi connectivity index (χ0n) is 10.7. The number of rotatable bonds is 1. The maximum atomic E-state index is 10.5. The van der Waals surface area contributed by atoms with Crippen molar-refractivity contribution in [1.82, 2.24) is 5.06 Å². The van der Waals surface area contributed by atoms with E-state index in [2.05, 4.69) is 0 Å². The molecule has 1 amide bonds. The third-order valence-corrected chi connectivity index (χ3v) is 3.50. The standard InChI is InChI=1S/C7H8O3S.C4H8N2O3/c1-6-2-4-7(5-3-6)11(8,9)10;5-3-2(7)1-6(9)4(3)8/h2-5H,1H3,(H,8,9,10);2-3,7,9H,1,5H2. The van der Waals surface area contributed by atoms with Crippen LogP contribution in [0.15, 0.2) is 29.2 Å². The number of aliphatic hydroxyl groups excluding tert-OH is 1. The van der Waals surface area contributed by atoms with Gasteiger partial charge in [0.15, 0.2) is 0 Å². The Labute approximate surface area is 116 Å². The van der Waals surface area contributed by atoms with Gasteiger partial charge in [-0.15, -0.1) is 0 Å². The van der Waals surface area contributed by atoms with E-state index in [-0.39, 0.29) is 11.4 Å². The van der Waals surface area contributed by atoms with Crippen molar-refractivity contribution in [2.24, 2.45) is 5.73 Å². The third-order valence-electron chi connectivity index (χ3n) is 2.63. The molecule has 1 aliphatic rings. The minimum absolute atomic E-state index is 0.0666. The first-order valence-electron chi connectivity index (χ1n) is 5.61. The van der Waals surface area contributed by atoms with Crippen molar-refractivity contribution >= 4 is 16.0 Å². The molecule has 0 saturated carbocycles. The molecule has 2 unspecified atom stereocenters. The normalized spacial score (nSPS) is 22.4. The highest BCUT2D eigenvalue weighted by molar-refractivity contribution is 7.85. The Balaban J connectivity index is 0.000000204. The number of amides is 1. The van der Waals surface area contributed by atoms with Crippen LogP contribution in [-0.4, -0.2) is 52.9 Å². The van der Waals surface area contributed by atoms with Crippen LogP contribution in [0.5, 0.6) is 0 Å². The van der Waals surface area contributed by atoms with Gasteiger partial charge in [0, 0.05) is 0 Å². The second kappa shape index (κ2) is 6.29. The van der Waals surface area contributed by atoms with E-state index in [9.17, 15) is 13.2 Å². The van der Waals surface area contributed by atoms with Gasteiger partial charge >= 0.3 is 0 Å². The molecule has 1 aromatic carbocycles. The smallest absolute Gasteiger partial charge is 0.294 e. The number of nitrogens with zero attached hydrogens (tertiary/aromatic N) is 1. The van der Waals surface area contributed by atoms with Gasteiger partial charge in [-0.1, -0.05) is 17.7 Å². The third kappa shape index (κ3) is 4.25. The van der Waals surface area contributed by atoms with Crippen LogP contribution in [0, 0.1) is 6.92 Å². The first-order valence-corrected chi connectivity index (χ1v) is 7.05. The monoisotopic (exact) mass is 304 g/mol. The average molecular weight is 304 g/mol. The van der Waals surface area contributed by atoms with E-state index in [0.717, 1.165) is 5.56 Å². The molecule has 8 nitrogen and oxygen atoms in total. The first kappa shape index (κ1) is 16.5. The summed E-state index contributed by atoms with van der Waals surface area (Å²) in [6.45, 7) is 1.76. The van der Waals surface area contributed by atoms with Crippen molar-refractivity contribution in [3.63, 3.8) is 0 Å². The van der Waals surface area contributed by atoms with Gasteiger partial charge in [0.25, 0.3) is 16.0 Å². The summed E-state index contributed by atoms with van der Waals surface area (Å²) in [4.78, 5) is 10.4. The molecule has 1 aromatic rings. The molecule has 0 spiro atoms. The van der Waals surface area contributed by atoms with E-state index in [1.54, 1.807) is 12.1 Å². The van der Waals surface area contributed by atoms with E-state index in [4.69, 9.17) is 20.6 Å². The Morgan fingerprint density at radius 1 is 1.30 bits per heavy atom. The van der Waals surface area contributed by atoms with Gasteiger partial charge < -0.3 is 10.8 Å². The summed E-state index contributed by atoms with van der Waals surface area (Å²) >= 11 is 0. The molecule has 0 radical (unpaired) electrons. The number of nitrogens with two attached hydrogens (primary N) is 1. The maximum absolute atomic E-state index is 10.5. The fourth-order valence-electron chi connectivity index (χ4n) is 1.43. The lowest BCUT2D eigenvalue weighted by Gasteiger charge is -2.02. The zero-order valence-corrected chi connectivity index (χ0v) is 11.5. The Morgan fingerprint density at radius 2 is 1.80 bits per heavy atom. The first-order chi connectivity index (χ1) is 9.12. The number of β-amino-alcohol motifs (C(OH)–C–C–N with tert-alkyl or cyclic N) is 1. The second-order valence-electron chi connectivity index (χ2n) is 4.30. The summed E-state index contributed by atoms with van der Waals surface area (Å²) in [5.41, 5.74) is 6.07. The van der Waals surface area contributed by atoms with Crippen molar-refractivity contribution in [2.75, 3.05) is 6.54 Å². The minimum atomic E-state index is -4.02. The van der Waals surface area contributed by atoms with Crippen LogP contribution in [0.3, 0.4) is 0 Å². The quantitative estimate of drug-likeness (QED) is 0.391. The van der Waals surface area contributed by atoms with Gasteiger partial charge in [0.05, 0.1) is 17.5 Å². The molecule has 1 saturated heterocycles. The van der Waals surface area contributed by atoms with Crippen molar-refractivity contribution in [3.8, 4) is 0 Å². The van der Waals surface area contributed by atoms with Crippen LogP contribution in [0.4, 0.5) is 0 Å². The molecule has 0 aromatic heterocycles. The summed E-state index contributed by atoms with van der Waals surface area (Å²) in [6.07, 6.45) is -0.928. The highest BCUT2D eigenvalue weighted by Gasteiger charge is 2.35. The number of carbonyl (C=O) groups is 1. The number of hydroxylamine groups is 2. The zero-order chi connectivity index (χ0) is 15.5. The molecule has 1 fully saturated rings. The van der Waals surface area contributed by atoms with Gasteiger partial charge in [-0.05, 0) is 19.1 Å². The minimum Gasteiger partial charge on any atom is -0.389 e. The highest BCUT2D eigenvalue weighted by atomic mass is 32.2. The van der Waals surface area contributed by atoms with Crippen molar-refractivity contribution in [3.05, 3.63) is 29.8 Å². The van der Waals surface area contributed by atoms with Gasteiger partial charge in [-0.25, -0.2) is 5.06 Å². The van der Waals surface area contributed by atoms with Crippen LogP contribution < -0.4 is 5.73 Å². The van der Waals surface area contributed by atoms with Crippen LogP contribution in [0.1, 0.15) is 5.56 Å². The molecule has 9 heteroatoms. The van der Waals surface area contributed by atoms with Gasteiger partial charge in [0.1, 0.15) is 6.04 Å². The predicted octanol–water partition coefficient (Wildman–Crippen LogP) is -0.852. The topological polar surface area (TPSA) is 141 Å². The molecular formula is C11H16N2O6S. The summed E-state index contributed by atoms with van der Waals surface area (Å²) in [6, 6.07) is 5.04. The lowest BCUT2D eigenvalue weighted by molar-refractivity contribution is -0.158. The van der Waals surface area contributed by atoms with Crippen LogP contribution in [-0.2, 0) is 14.9 Å². The molecule has 2 rings (SSSR count). The van der Waals surface area contributed by atoms with Gasteiger partial charge in [-0.3, -0.25) is 14.6 Å². The largest absolute Gasteiger partial charge is 0.389 e. The molecule has 20 heavy (non-hydrogen) atoms. The van der Waals surface area contributed by atoms with Crippen LogP contribution in [0.2, 0.25) is 0 Å². The van der Waals surface area contributed by atoms with Crippen molar-refractivity contribution in [1.29, 1.82) is 0 Å². The fourth-order valence-corrected chi connectivity index (χ4v) is 1.91.